The minimum Gasteiger partial charge on any atom is -0.409 e. The summed E-state index contributed by atoms with van der Waals surface area (Å²) in [4.78, 5) is 19.2. The van der Waals surface area contributed by atoms with Gasteiger partial charge >= 0.3 is 0 Å². The predicted octanol–water partition coefficient (Wildman–Crippen LogP) is 2.07. The third-order valence-electron chi connectivity index (χ3n) is 3.24. The fraction of sp³-hybridized carbons (Fsp3) is 0.214. The van der Waals surface area contributed by atoms with E-state index in [0.29, 0.717) is 11.3 Å². The van der Waals surface area contributed by atoms with Crippen molar-refractivity contribution in [2.75, 3.05) is 7.05 Å². The van der Waals surface area contributed by atoms with Gasteiger partial charge in [0.15, 0.2) is 5.84 Å². The molecule has 0 aromatic carbocycles. The molecular formula is C14H16N4O2S. The number of amides is 1. The highest BCUT2D eigenvalue weighted by atomic mass is 32.1. The molecule has 0 fully saturated rings. The smallest absolute Gasteiger partial charge is 0.272 e. The molecule has 1 amide bonds. The number of amidine groups is 1. The summed E-state index contributed by atoms with van der Waals surface area (Å²) in [6.07, 6.45) is 1.41. The lowest BCUT2D eigenvalue weighted by atomic mass is 10.2. The van der Waals surface area contributed by atoms with Gasteiger partial charge in [-0.05, 0) is 30.5 Å². The predicted molar refractivity (Wildman–Crippen MR) is 81.6 cm³/mol. The third-order valence-corrected chi connectivity index (χ3v) is 4.28. The van der Waals surface area contributed by atoms with Gasteiger partial charge < -0.3 is 15.8 Å². The zero-order chi connectivity index (χ0) is 15.4. The van der Waals surface area contributed by atoms with E-state index in [1.807, 2.05) is 24.4 Å². The van der Waals surface area contributed by atoms with Crippen LogP contribution in [0.2, 0.25) is 0 Å². The first kappa shape index (κ1) is 15.0. The molecule has 0 radical (unpaired) electrons. The van der Waals surface area contributed by atoms with Crippen LogP contribution in [0.5, 0.6) is 0 Å². The van der Waals surface area contributed by atoms with Crippen LogP contribution in [0.4, 0.5) is 0 Å². The van der Waals surface area contributed by atoms with Gasteiger partial charge in [0.1, 0.15) is 5.69 Å². The molecule has 0 aliphatic carbocycles. The number of nitrogens with zero attached hydrogens (tertiary/aromatic N) is 3. The van der Waals surface area contributed by atoms with E-state index in [1.165, 1.54) is 6.20 Å². The molecule has 21 heavy (non-hydrogen) atoms. The molecular weight excluding hydrogens is 288 g/mol. The summed E-state index contributed by atoms with van der Waals surface area (Å²) in [6.45, 7) is 1.97. The van der Waals surface area contributed by atoms with Crippen LogP contribution < -0.4 is 5.73 Å². The van der Waals surface area contributed by atoms with Crippen LogP contribution in [0.25, 0.3) is 0 Å². The molecule has 110 valence electrons. The molecule has 0 saturated heterocycles. The lowest BCUT2D eigenvalue weighted by Crippen LogP contribution is -2.30. The Bertz CT molecular complexity index is 638. The zero-order valence-electron chi connectivity index (χ0n) is 11.7. The summed E-state index contributed by atoms with van der Waals surface area (Å²) < 4.78 is 0. The molecule has 2 rings (SSSR count). The second-order valence-electron chi connectivity index (χ2n) is 4.52. The van der Waals surface area contributed by atoms with E-state index in [9.17, 15) is 4.79 Å². The van der Waals surface area contributed by atoms with Gasteiger partial charge in [-0.15, -0.1) is 11.3 Å². The summed E-state index contributed by atoms with van der Waals surface area (Å²) in [6, 6.07) is 7.09. The van der Waals surface area contributed by atoms with Gasteiger partial charge in [-0.2, -0.15) is 0 Å². The molecule has 1 unspecified atom stereocenters. The van der Waals surface area contributed by atoms with Crippen LogP contribution in [-0.2, 0) is 0 Å². The highest BCUT2D eigenvalue weighted by Gasteiger charge is 2.20. The van der Waals surface area contributed by atoms with Crippen LogP contribution in [0.1, 0.15) is 33.9 Å². The maximum atomic E-state index is 12.4. The van der Waals surface area contributed by atoms with Crippen molar-refractivity contribution in [3.05, 3.63) is 52.0 Å². The third kappa shape index (κ3) is 3.19. The van der Waals surface area contributed by atoms with Crippen molar-refractivity contribution >= 4 is 23.1 Å². The molecule has 7 heteroatoms. The lowest BCUT2D eigenvalue weighted by molar-refractivity contribution is 0.0739. The Morgan fingerprint density at radius 2 is 2.24 bits per heavy atom. The first-order valence-electron chi connectivity index (χ1n) is 6.29. The number of nitrogens with two attached hydrogens (primary N) is 1. The fourth-order valence-corrected chi connectivity index (χ4v) is 2.63. The number of hydrogen-bond donors (Lipinski definition) is 2. The van der Waals surface area contributed by atoms with Crippen molar-refractivity contribution in [2.24, 2.45) is 10.9 Å². The number of carbonyl (C=O) groups excluding carboxylic acids is 1. The molecule has 3 N–H and O–H groups in total. The number of carbonyl (C=O) groups is 1. The molecule has 2 aromatic rings. The van der Waals surface area contributed by atoms with E-state index in [1.54, 1.807) is 35.4 Å². The molecule has 2 aromatic heterocycles. The van der Waals surface area contributed by atoms with Crippen LogP contribution >= 0.6 is 11.3 Å². The molecule has 0 aliphatic heterocycles. The van der Waals surface area contributed by atoms with Crippen LogP contribution in [-0.4, -0.2) is 33.9 Å². The first-order chi connectivity index (χ1) is 10.0. The Hall–Kier alpha value is -2.41. The Morgan fingerprint density at radius 3 is 2.76 bits per heavy atom. The normalized spacial score (nSPS) is 13.0. The monoisotopic (exact) mass is 304 g/mol. The second-order valence-corrected chi connectivity index (χ2v) is 5.50. The average Bonchev–Trinajstić information content (AvgIpc) is 3.06. The van der Waals surface area contributed by atoms with Gasteiger partial charge in [0.05, 0.1) is 6.04 Å². The van der Waals surface area contributed by atoms with Gasteiger partial charge in [-0.3, -0.25) is 9.78 Å². The quantitative estimate of drug-likeness (QED) is 0.391. The molecule has 6 nitrogen and oxygen atoms in total. The molecule has 0 saturated carbocycles. The SMILES string of the molecule is CC(c1cccs1)N(C)C(=O)c1ccc(C(N)=NO)cn1. The minimum absolute atomic E-state index is 0.0250. The van der Waals surface area contributed by atoms with Crippen LogP contribution in [0.3, 0.4) is 0 Å². The van der Waals surface area contributed by atoms with Crippen LogP contribution in [0.15, 0.2) is 41.0 Å². The van der Waals surface area contributed by atoms with E-state index in [-0.39, 0.29) is 17.8 Å². The molecule has 0 bridgehead atoms. The lowest BCUT2D eigenvalue weighted by Gasteiger charge is -2.23. The van der Waals surface area contributed by atoms with E-state index in [0.717, 1.165) is 4.88 Å². The first-order valence-corrected chi connectivity index (χ1v) is 7.17. The topological polar surface area (TPSA) is 91.8 Å². The van der Waals surface area contributed by atoms with Crippen molar-refractivity contribution in [1.29, 1.82) is 0 Å². The van der Waals surface area contributed by atoms with E-state index < -0.39 is 0 Å². The van der Waals surface area contributed by atoms with E-state index in [2.05, 4.69) is 10.1 Å². The number of hydrogen-bond acceptors (Lipinski definition) is 5. The second kappa shape index (κ2) is 6.36. The van der Waals surface area contributed by atoms with Gasteiger partial charge in [0.2, 0.25) is 0 Å². The van der Waals surface area contributed by atoms with Crippen molar-refractivity contribution in [2.45, 2.75) is 13.0 Å². The Kier molecular flexibility index (Phi) is 4.54. The Morgan fingerprint density at radius 1 is 1.48 bits per heavy atom. The maximum Gasteiger partial charge on any atom is 0.272 e. The van der Waals surface area contributed by atoms with Gasteiger partial charge in [0, 0.05) is 23.7 Å². The number of thiophene rings is 1. The summed E-state index contributed by atoms with van der Waals surface area (Å²) in [5.74, 6) is -0.219. The Labute approximate surface area is 126 Å². The van der Waals surface area contributed by atoms with E-state index in [4.69, 9.17) is 10.9 Å². The molecule has 0 aliphatic rings. The van der Waals surface area contributed by atoms with Crippen molar-refractivity contribution in [3.63, 3.8) is 0 Å². The largest absolute Gasteiger partial charge is 0.409 e. The van der Waals surface area contributed by atoms with Crippen molar-refractivity contribution in [1.82, 2.24) is 9.88 Å². The number of rotatable bonds is 4. The number of aromatic nitrogens is 1. The van der Waals surface area contributed by atoms with Crippen molar-refractivity contribution < 1.29 is 10.0 Å². The van der Waals surface area contributed by atoms with E-state index >= 15 is 0 Å². The van der Waals surface area contributed by atoms with Gasteiger partial charge in [0.25, 0.3) is 5.91 Å². The molecule has 2 heterocycles. The molecule has 0 spiro atoms. The minimum atomic E-state index is -0.179. The summed E-state index contributed by atoms with van der Waals surface area (Å²) in [5, 5.41) is 13.5. The maximum absolute atomic E-state index is 12.4. The van der Waals surface area contributed by atoms with Crippen molar-refractivity contribution in [3.8, 4) is 0 Å². The number of oxime groups is 1. The zero-order valence-corrected chi connectivity index (χ0v) is 12.5. The highest BCUT2D eigenvalue weighted by molar-refractivity contribution is 7.10. The van der Waals surface area contributed by atoms with Gasteiger partial charge in [-0.25, -0.2) is 0 Å². The molecule has 1 atom stereocenters. The standard InChI is InChI=1S/C14H16N4O2S/c1-9(12-4-3-7-21-12)18(2)14(19)11-6-5-10(8-16-11)13(15)17-20/h3-9,20H,1-2H3,(H2,15,17). The highest BCUT2D eigenvalue weighted by Crippen LogP contribution is 2.24. The summed E-state index contributed by atoms with van der Waals surface area (Å²) in [5.41, 5.74) is 6.23. The fourth-order valence-electron chi connectivity index (χ4n) is 1.81. The summed E-state index contributed by atoms with van der Waals surface area (Å²) in [7, 11) is 1.74. The number of pyridine rings is 1. The van der Waals surface area contributed by atoms with Gasteiger partial charge in [-0.1, -0.05) is 11.2 Å². The average molecular weight is 304 g/mol. The van der Waals surface area contributed by atoms with Crippen LogP contribution in [0, 0.1) is 0 Å². The Balaban J connectivity index is 2.16. The summed E-state index contributed by atoms with van der Waals surface area (Å²) >= 11 is 1.61.